The summed E-state index contributed by atoms with van der Waals surface area (Å²) >= 11 is 6.12. The van der Waals surface area contributed by atoms with E-state index in [2.05, 4.69) is 44.4 Å². The summed E-state index contributed by atoms with van der Waals surface area (Å²) in [6, 6.07) is 11.3. The number of carbonyl (C=O) groups is 1. The van der Waals surface area contributed by atoms with E-state index in [9.17, 15) is 4.79 Å². The molecule has 206 valence electrons. The van der Waals surface area contributed by atoms with Crippen LogP contribution in [0.1, 0.15) is 39.0 Å². The van der Waals surface area contributed by atoms with Gasteiger partial charge in [-0.2, -0.15) is 0 Å². The normalized spacial score (nSPS) is 18.7. The van der Waals surface area contributed by atoms with Crippen molar-refractivity contribution in [2.45, 2.75) is 45.1 Å². The number of hydrogen-bond donors (Lipinski definition) is 3. The van der Waals surface area contributed by atoms with Gasteiger partial charge in [-0.05, 0) is 56.6 Å². The summed E-state index contributed by atoms with van der Waals surface area (Å²) in [6.45, 7) is 4.52. The van der Waals surface area contributed by atoms with Crippen LogP contribution in [0.2, 0.25) is 5.15 Å². The van der Waals surface area contributed by atoms with Gasteiger partial charge >= 0.3 is 0 Å². The van der Waals surface area contributed by atoms with Crippen molar-refractivity contribution in [3.63, 3.8) is 0 Å². The Bertz CT molecular complexity index is 1330. The van der Waals surface area contributed by atoms with Gasteiger partial charge in [0.1, 0.15) is 17.7 Å². The zero-order valence-corrected chi connectivity index (χ0v) is 23.1. The Morgan fingerprint density at radius 2 is 1.82 bits per heavy atom. The van der Waals surface area contributed by atoms with Gasteiger partial charge in [0.15, 0.2) is 16.8 Å². The van der Waals surface area contributed by atoms with Crippen LogP contribution in [0.3, 0.4) is 0 Å². The van der Waals surface area contributed by atoms with Crippen LogP contribution in [-0.2, 0) is 4.79 Å². The quantitative estimate of drug-likeness (QED) is 0.327. The molecule has 1 amide bonds. The molecule has 1 aliphatic carbocycles. The van der Waals surface area contributed by atoms with E-state index in [1.54, 1.807) is 6.07 Å². The van der Waals surface area contributed by atoms with E-state index in [1.807, 2.05) is 30.3 Å². The van der Waals surface area contributed by atoms with E-state index in [1.165, 1.54) is 12.7 Å². The molecule has 2 fully saturated rings. The summed E-state index contributed by atoms with van der Waals surface area (Å²) in [5.41, 5.74) is 9.09. The summed E-state index contributed by atoms with van der Waals surface area (Å²) in [6.07, 6.45) is 6.56. The molecule has 1 atom stereocenters. The van der Waals surface area contributed by atoms with Crippen molar-refractivity contribution in [2.24, 2.45) is 5.92 Å². The van der Waals surface area contributed by atoms with Crippen LogP contribution in [0.15, 0.2) is 42.7 Å². The second-order valence-electron chi connectivity index (χ2n) is 10.6. The number of rotatable bonds is 6. The van der Waals surface area contributed by atoms with E-state index >= 15 is 4.39 Å². The molecular formula is C29H35ClFN7O. The molecule has 1 saturated heterocycles. The Morgan fingerprint density at radius 3 is 2.54 bits per heavy atom. The number of likely N-dealkylation sites (N-methyl/N-ethyl adjacent to an activating group) is 1. The van der Waals surface area contributed by atoms with Gasteiger partial charge in [-0.25, -0.2) is 14.4 Å². The Labute approximate surface area is 233 Å². The first-order valence-corrected chi connectivity index (χ1v) is 13.9. The lowest BCUT2D eigenvalue weighted by atomic mass is 9.88. The van der Waals surface area contributed by atoms with Gasteiger partial charge in [-0.3, -0.25) is 4.79 Å². The third-order valence-electron chi connectivity index (χ3n) is 7.94. The molecule has 3 aromatic rings. The van der Waals surface area contributed by atoms with E-state index in [0.29, 0.717) is 22.9 Å². The van der Waals surface area contributed by atoms with Crippen LogP contribution in [0.4, 0.5) is 33.0 Å². The molecule has 0 unspecified atom stereocenters. The molecule has 10 heteroatoms. The predicted molar refractivity (Wildman–Crippen MR) is 156 cm³/mol. The zero-order chi connectivity index (χ0) is 27.5. The van der Waals surface area contributed by atoms with E-state index in [0.717, 1.165) is 51.0 Å². The summed E-state index contributed by atoms with van der Waals surface area (Å²) in [5.74, 6) is -0.0495. The maximum absolute atomic E-state index is 16.3. The molecule has 2 aliphatic rings. The maximum atomic E-state index is 16.3. The van der Waals surface area contributed by atoms with Crippen LogP contribution < -0.4 is 21.3 Å². The van der Waals surface area contributed by atoms with Crippen LogP contribution in [0.5, 0.6) is 0 Å². The van der Waals surface area contributed by atoms with Crippen molar-refractivity contribution >= 4 is 46.1 Å². The minimum absolute atomic E-state index is 0.0620. The van der Waals surface area contributed by atoms with Crippen LogP contribution in [0.25, 0.3) is 11.1 Å². The fourth-order valence-electron chi connectivity index (χ4n) is 5.37. The maximum Gasteiger partial charge on any atom is 0.227 e. The molecule has 2 heterocycles. The molecule has 39 heavy (non-hydrogen) atoms. The summed E-state index contributed by atoms with van der Waals surface area (Å²) < 4.78 is 16.3. The number of benzene rings is 2. The molecule has 1 aromatic heterocycles. The standard InChI is InChI=1S/C29H35ClFN7O/c1-18-16-38(15-14-37(18)2)23-13-12-22(24(31)26(23)36-28-25(32)27(30)33-17-34-28)19-8-10-21(11-9-19)35-29(39)20-6-4-3-5-7-20/h8-13,17-18,20H,3-7,14-16,32H2,1-2H3,(H,35,39)(H,33,34,36)/t18-/m0/s1. The van der Waals surface area contributed by atoms with Crippen molar-refractivity contribution in [1.82, 2.24) is 14.9 Å². The topological polar surface area (TPSA) is 99.4 Å². The molecule has 0 radical (unpaired) electrons. The fraction of sp³-hybridized carbons (Fsp3) is 0.414. The number of nitrogens with one attached hydrogen (secondary N) is 2. The first-order valence-electron chi connectivity index (χ1n) is 13.5. The zero-order valence-electron chi connectivity index (χ0n) is 22.4. The lowest BCUT2D eigenvalue weighted by Crippen LogP contribution is -2.50. The Kier molecular flexibility index (Phi) is 8.18. The van der Waals surface area contributed by atoms with Crippen LogP contribution in [-0.4, -0.2) is 53.5 Å². The second-order valence-corrected chi connectivity index (χ2v) is 10.9. The molecule has 0 spiro atoms. The predicted octanol–water partition coefficient (Wildman–Crippen LogP) is 5.92. The number of nitrogens with two attached hydrogens (primary N) is 1. The van der Waals surface area contributed by atoms with Gasteiger partial charge in [0, 0.05) is 42.8 Å². The van der Waals surface area contributed by atoms with Crippen LogP contribution in [0, 0.1) is 11.7 Å². The highest BCUT2D eigenvalue weighted by Crippen LogP contribution is 2.39. The number of nitrogens with zero attached hydrogens (tertiary/aromatic N) is 4. The third kappa shape index (κ3) is 5.94. The fourth-order valence-corrected chi connectivity index (χ4v) is 5.51. The number of aromatic nitrogens is 2. The van der Waals surface area contributed by atoms with Crippen molar-refractivity contribution in [2.75, 3.05) is 47.9 Å². The van der Waals surface area contributed by atoms with Crippen molar-refractivity contribution in [3.8, 4) is 11.1 Å². The van der Waals surface area contributed by atoms with E-state index in [4.69, 9.17) is 17.3 Å². The van der Waals surface area contributed by atoms with E-state index in [-0.39, 0.29) is 34.2 Å². The number of piperazine rings is 1. The highest BCUT2D eigenvalue weighted by atomic mass is 35.5. The average Bonchev–Trinajstić information content (AvgIpc) is 2.95. The average molecular weight is 552 g/mol. The summed E-state index contributed by atoms with van der Waals surface area (Å²) in [7, 11) is 2.09. The minimum Gasteiger partial charge on any atom is -0.393 e. The Morgan fingerprint density at radius 1 is 1.08 bits per heavy atom. The van der Waals surface area contributed by atoms with Crippen molar-refractivity contribution in [3.05, 3.63) is 53.7 Å². The highest BCUT2D eigenvalue weighted by molar-refractivity contribution is 6.32. The molecule has 1 aliphatic heterocycles. The molecule has 1 saturated carbocycles. The number of carbonyl (C=O) groups excluding carboxylic acids is 1. The van der Waals surface area contributed by atoms with Crippen molar-refractivity contribution < 1.29 is 9.18 Å². The largest absolute Gasteiger partial charge is 0.393 e. The van der Waals surface area contributed by atoms with Gasteiger partial charge in [-0.15, -0.1) is 0 Å². The Balaban J connectivity index is 1.45. The molecule has 5 rings (SSSR count). The number of amides is 1. The Hall–Kier alpha value is -3.43. The molecular weight excluding hydrogens is 517 g/mol. The lowest BCUT2D eigenvalue weighted by molar-refractivity contribution is -0.120. The van der Waals surface area contributed by atoms with Gasteiger partial charge in [-0.1, -0.05) is 43.0 Å². The number of anilines is 5. The van der Waals surface area contributed by atoms with E-state index < -0.39 is 5.82 Å². The first kappa shape index (κ1) is 27.1. The van der Waals surface area contributed by atoms with Gasteiger partial charge in [0.25, 0.3) is 0 Å². The van der Waals surface area contributed by atoms with Gasteiger partial charge in [0.05, 0.1) is 5.69 Å². The third-order valence-corrected chi connectivity index (χ3v) is 8.24. The minimum atomic E-state index is -0.424. The second kappa shape index (κ2) is 11.8. The molecule has 0 bridgehead atoms. The van der Waals surface area contributed by atoms with Crippen molar-refractivity contribution in [1.29, 1.82) is 0 Å². The molecule has 4 N–H and O–H groups in total. The van der Waals surface area contributed by atoms with Crippen LogP contribution >= 0.6 is 11.6 Å². The lowest BCUT2D eigenvalue weighted by Gasteiger charge is -2.39. The number of nitrogen functional groups attached to an aromatic ring is 1. The van der Waals surface area contributed by atoms with Gasteiger partial charge < -0.3 is 26.2 Å². The monoisotopic (exact) mass is 551 g/mol. The number of halogens is 2. The summed E-state index contributed by atoms with van der Waals surface area (Å²) in [4.78, 5) is 25.2. The number of hydrogen-bond acceptors (Lipinski definition) is 7. The molecule has 8 nitrogen and oxygen atoms in total. The molecule has 2 aromatic carbocycles. The highest BCUT2D eigenvalue weighted by Gasteiger charge is 2.26. The summed E-state index contributed by atoms with van der Waals surface area (Å²) in [5, 5.41) is 6.24. The smallest absolute Gasteiger partial charge is 0.227 e. The van der Waals surface area contributed by atoms with Gasteiger partial charge in [0.2, 0.25) is 5.91 Å². The first-order chi connectivity index (χ1) is 18.8. The SMILES string of the molecule is C[C@H]1CN(c2ccc(-c3ccc(NC(=O)C4CCCCC4)cc3)c(F)c2Nc2ncnc(Cl)c2N)CCN1C.